The number of esters is 1. The summed E-state index contributed by atoms with van der Waals surface area (Å²) in [5.74, 6) is -0.869. The summed E-state index contributed by atoms with van der Waals surface area (Å²) in [5.41, 5.74) is -1.04. The zero-order valence-corrected chi connectivity index (χ0v) is 16.2. The van der Waals surface area contributed by atoms with Crippen molar-refractivity contribution in [2.24, 2.45) is 5.41 Å². The van der Waals surface area contributed by atoms with Crippen LogP contribution in [0.5, 0.6) is 0 Å². The molecular weight excluding hydrogens is 372 g/mol. The number of benzene rings is 1. The molecule has 27 heavy (non-hydrogen) atoms. The summed E-state index contributed by atoms with van der Waals surface area (Å²) >= 11 is 0. The van der Waals surface area contributed by atoms with Crippen LogP contribution in [-0.4, -0.2) is 33.1 Å². The molecule has 8 heteroatoms. The van der Waals surface area contributed by atoms with Gasteiger partial charge in [0.15, 0.2) is 0 Å². The molecule has 1 aromatic carbocycles. The van der Waals surface area contributed by atoms with Crippen molar-refractivity contribution >= 4 is 27.9 Å². The fraction of sp³-hybridized carbons (Fsp3) is 0.368. The molecule has 0 saturated carbocycles. The maximum absolute atomic E-state index is 12.5. The van der Waals surface area contributed by atoms with Crippen molar-refractivity contribution in [1.29, 1.82) is 0 Å². The highest BCUT2D eigenvalue weighted by Crippen LogP contribution is 2.27. The number of Topliss-reactive ketones (excluding diaryl/α,β-unsaturated/α-hetero) is 1. The lowest BCUT2D eigenvalue weighted by atomic mass is 9.87. The van der Waals surface area contributed by atoms with Gasteiger partial charge in [-0.3, -0.25) is 13.8 Å². The van der Waals surface area contributed by atoms with Crippen molar-refractivity contribution in [2.75, 3.05) is 6.61 Å². The van der Waals surface area contributed by atoms with Crippen molar-refractivity contribution in [3.8, 4) is 0 Å². The average molecular weight is 394 g/mol. The molecule has 1 aromatic rings. The number of ether oxygens (including phenoxy) is 2. The average Bonchev–Trinajstić information content (AvgIpc) is 3.04. The van der Waals surface area contributed by atoms with E-state index in [4.69, 9.17) is 13.7 Å². The third-order valence-electron chi connectivity index (χ3n) is 4.29. The molecule has 1 aliphatic rings. The first-order valence-electron chi connectivity index (χ1n) is 8.26. The zero-order chi connectivity index (χ0) is 20.2. The number of rotatable bonds is 8. The van der Waals surface area contributed by atoms with Gasteiger partial charge in [-0.2, -0.15) is 8.42 Å². The van der Waals surface area contributed by atoms with E-state index in [1.807, 2.05) is 0 Å². The summed E-state index contributed by atoms with van der Waals surface area (Å²) in [6, 6.07) is 5.84. The summed E-state index contributed by atoms with van der Waals surface area (Å²) in [6.07, 6.45) is 2.85. The molecule has 0 aromatic heterocycles. The minimum absolute atomic E-state index is 0.0914. The summed E-state index contributed by atoms with van der Waals surface area (Å²) in [5, 5.41) is 0. The minimum Gasteiger partial charge on any atom is -0.459 e. The molecule has 0 amide bonds. The molecule has 2 unspecified atom stereocenters. The van der Waals surface area contributed by atoms with E-state index < -0.39 is 40.2 Å². The van der Waals surface area contributed by atoms with Crippen LogP contribution in [0.25, 0.3) is 6.08 Å². The largest absolute Gasteiger partial charge is 0.459 e. The third kappa shape index (κ3) is 4.84. The van der Waals surface area contributed by atoms with Gasteiger partial charge in [-0.05, 0) is 44.5 Å². The van der Waals surface area contributed by atoms with Gasteiger partial charge in [-0.15, -0.1) is 0 Å². The maximum Gasteiger partial charge on any atom is 0.324 e. The highest BCUT2D eigenvalue weighted by Gasteiger charge is 2.43. The Kier molecular flexibility index (Phi) is 6.22. The zero-order valence-electron chi connectivity index (χ0n) is 15.4. The van der Waals surface area contributed by atoms with Gasteiger partial charge in [0, 0.05) is 6.42 Å². The van der Waals surface area contributed by atoms with Gasteiger partial charge in [0.2, 0.25) is 6.29 Å². The first kappa shape index (κ1) is 20.9. The normalized spacial score (nSPS) is 18.8. The van der Waals surface area contributed by atoms with Crippen LogP contribution in [0.3, 0.4) is 0 Å². The lowest BCUT2D eigenvalue weighted by Gasteiger charge is -2.25. The fourth-order valence-electron chi connectivity index (χ4n) is 2.23. The molecule has 1 aliphatic heterocycles. The molecule has 0 N–H and O–H groups in total. The van der Waals surface area contributed by atoms with E-state index in [1.165, 1.54) is 26.0 Å². The van der Waals surface area contributed by atoms with E-state index in [0.29, 0.717) is 12.2 Å². The van der Waals surface area contributed by atoms with Gasteiger partial charge in [0.25, 0.3) is 10.1 Å². The number of carbonyl (C=O) groups is 2. The molecular formula is C19H22O7S. The highest BCUT2D eigenvalue weighted by atomic mass is 32.2. The summed E-state index contributed by atoms with van der Waals surface area (Å²) in [7, 11) is -4.16. The van der Waals surface area contributed by atoms with E-state index in [-0.39, 0.29) is 4.90 Å². The van der Waals surface area contributed by atoms with Crippen LogP contribution in [0.1, 0.15) is 32.8 Å². The molecule has 0 radical (unpaired) electrons. The highest BCUT2D eigenvalue weighted by molar-refractivity contribution is 7.86. The Morgan fingerprint density at radius 2 is 1.96 bits per heavy atom. The quantitative estimate of drug-likeness (QED) is 0.380. The van der Waals surface area contributed by atoms with Crippen molar-refractivity contribution in [3.05, 3.63) is 48.2 Å². The van der Waals surface area contributed by atoms with Gasteiger partial charge in [-0.1, -0.05) is 24.8 Å². The number of ketones is 1. The third-order valence-corrected chi connectivity index (χ3v) is 5.57. The minimum atomic E-state index is -4.16. The molecule has 0 spiro atoms. The predicted octanol–water partition coefficient (Wildman–Crippen LogP) is 2.82. The summed E-state index contributed by atoms with van der Waals surface area (Å²) in [6.45, 7) is 7.09. The van der Waals surface area contributed by atoms with Crippen LogP contribution in [0.4, 0.5) is 0 Å². The topological polar surface area (TPSA) is 96.0 Å². The Labute approximate surface area is 158 Å². The fourth-order valence-corrected chi connectivity index (χ4v) is 3.22. The van der Waals surface area contributed by atoms with Gasteiger partial charge in [-0.25, -0.2) is 0 Å². The van der Waals surface area contributed by atoms with Crippen LogP contribution < -0.4 is 0 Å². The Hall–Kier alpha value is -2.45. The van der Waals surface area contributed by atoms with Gasteiger partial charge in [0.05, 0.1) is 17.3 Å². The van der Waals surface area contributed by atoms with Gasteiger partial charge >= 0.3 is 5.97 Å². The first-order valence-corrected chi connectivity index (χ1v) is 9.67. The van der Waals surface area contributed by atoms with E-state index in [9.17, 15) is 18.0 Å². The van der Waals surface area contributed by atoms with Crippen LogP contribution in [-0.2, 0) is 33.4 Å². The SMILES string of the molecule is C=Cc1ccc(S(=O)(=O)OCC(C)(C(C)=O)C(=O)OC2CC=C(C)O2)cc1. The van der Waals surface area contributed by atoms with Crippen LogP contribution in [0.2, 0.25) is 0 Å². The van der Waals surface area contributed by atoms with Crippen molar-refractivity contribution in [3.63, 3.8) is 0 Å². The van der Waals surface area contributed by atoms with E-state index in [2.05, 4.69) is 6.58 Å². The molecule has 7 nitrogen and oxygen atoms in total. The van der Waals surface area contributed by atoms with Crippen molar-refractivity contribution in [2.45, 2.75) is 38.4 Å². The molecule has 0 fully saturated rings. The second-order valence-corrected chi connectivity index (χ2v) is 8.00. The van der Waals surface area contributed by atoms with E-state index >= 15 is 0 Å². The van der Waals surface area contributed by atoms with Crippen LogP contribution in [0, 0.1) is 5.41 Å². The maximum atomic E-state index is 12.5. The Morgan fingerprint density at radius 3 is 2.44 bits per heavy atom. The second-order valence-electron chi connectivity index (χ2n) is 6.38. The summed E-state index contributed by atoms with van der Waals surface area (Å²) in [4.78, 5) is 24.4. The molecule has 146 valence electrons. The molecule has 2 rings (SSSR count). The standard InChI is InChI=1S/C19H22O7S/c1-5-15-7-9-16(10-8-15)27(22,23)24-12-19(4,14(3)20)18(21)26-17-11-6-13(2)25-17/h5-10,17H,1,11-12H2,2-4H3. The number of carbonyl (C=O) groups excluding carboxylic acids is 2. The van der Waals surface area contributed by atoms with E-state index in [0.717, 1.165) is 5.56 Å². The van der Waals surface area contributed by atoms with Crippen LogP contribution >= 0.6 is 0 Å². The molecule has 1 heterocycles. The number of hydrogen-bond donors (Lipinski definition) is 0. The Bertz CT molecular complexity index is 868. The first-order chi connectivity index (χ1) is 12.6. The Balaban J connectivity index is 2.10. The molecule has 0 aliphatic carbocycles. The predicted molar refractivity (Wildman–Crippen MR) is 97.8 cm³/mol. The van der Waals surface area contributed by atoms with E-state index in [1.54, 1.807) is 31.2 Å². The Morgan fingerprint density at radius 1 is 1.33 bits per heavy atom. The lowest BCUT2D eigenvalue weighted by molar-refractivity contribution is -0.181. The van der Waals surface area contributed by atoms with Crippen LogP contribution in [0.15, 0.2) is 47.6 Å². The lowest BCUT2D eigenvalue weighted by Crippen LogP contribution is -2.43. The van der Waals surface area contributed by atoms with Crippen molar-refractivity contribution in [1.82, 2.24) is 0 Å². The van der Waals surface area contributed by atoms with Gasteiger partial charge < -0.3 is 9.47 Å². The molecule has 0 bridgehead atoms. The second kappa shape index (κ2) is 8.06. The smallest absolute Gasteiger partial charge is 0.324 e. The molecule has 2 atom stereocenters. The number of hydrogen-bond acceptors (Lipinski definition) is 7. The van der Waals surface area contributed by atoms with Gasteiger partial charge in [0.1, 0.15) is 11.2 Å². The van der Waals surface area contributed by atoms with Crippen molar-refractivity contribution < 1.29 is 31.7 Å². The molecule has 0 saturated heterocycles. The summed E-state index contributed by atoms with van der Waals surface area (Å²) < 4.78 is 40.2. The monoisotopic (exact) mass is 394 g/mol. The number of allylic oxidation sites excluding steroid dienone is 1.